The normalized spacial score (nSPS) is 14.1. The van der Waals surface area contributed by atoms with E-state index in [4.69, 9.17) is 4.98 Å². The maximum Gasteiger partial charge on any atom is 0.254 e. The summed E-state index contributed by atoms with van der Waals surface area (Å²) in [6, 6.07) is 16.2. The molecule has 8 heteroatoms. The van der Waals surface area contributed by atoms with Gasteiger partial charge in [-0.25, -0.2) is 15.0 Å². The number of anilines is 1. The lowest BCUT2D eigenvalue weighted by Gasteiger charge is -2.35. The number of carbonyl (C=O) groups is 1. The Hall–Kier alpha value is -4.33. The van der Waals surface area contributed by atoms with Crippen molar-refractivity contribution in [3.8, 4) is 11.3 Å². The van der Waals surface area contributed by atoms with Gasteiger partial charge < -0.3 is 9.80 Å². The lowest BCUT2D eigenvalue weighted by atomic mass is 9.99. The van der Waals surface area contributed by atoms with Crippen molar-refractivity contribution >= 4 is 33.7 Å². The van der Waals surface area contributed by atoms with Crippen LogP contribution in [0.4, 0.5) is 5.82 Å². The van der Waals surface area contributed by atoms with Gasteiger partial charge in [-0.1, -0.05) is 42.0 Å². The topological polar surface area (TPSA) is 80.0 Å². The Morgan fingerprint density at radius 3 is 2.53 bits per heavy atom. The van der Waals surface area contributed by atoms with Crippen LogP contribution in [0.2, 0.25) is 0 Å². The molecule has 0 radical (unpaired) electrons. The zero-order valence-electron chi connectivity index (χ0n) is 20.6. The number of pyridine rings is 1. The minimum atomic E-state index is 0.0356. The zero-order valence-corrected chi connectivity index (χ0v) is 20.6. The Labute approximate surface area is 209 Å². The van der Waals surface area contributed by atoms with Crippen molar-refractivity contribution in [1.29, 1.82) is 0 Å². The van der Waals surface area contributed by atoms with Crippen molar-refractivity contribution in [1.82, 2.24) is 29.6 Å². The first-order chi connectivity index (χ1) is 17.5. The molecule has 1 aliphatic rings. The molecule has 4 heterocycles. The van der Waals surface area contributed by atoms with Gasteiger partial charge in [-0.3, -0.25) is 9.48 Å². The van der Waals surface area contributed by atoms with Crippen LogP contribution >= 0.6 is 0 Å². The van der Waals surface area contributed by atoms with Crippen LogP contribution in [0.3, 0.4) is 0 Å². The van der Waals surface area contributed by atoms with Gasteiger partial charge in [-0.2, -0.15) is 5.10 Å². The average molecular weight is 478 g/mol. The number of piperazine rings is 1. The first-order valence-corrected chi connectivity index (χ1v) is 12.1. The summed E-state index contributed by atoms with van der Waals surface area (Å²) in [4.78, 5) is 31.8. The number of fused-ring (bicyclic) bond motifs is 2. The van der Waals surface area contributed by atoms with Crippen LogP contribution in [-0.2, 0) is 7.05 Å². The number of para-hydroxylation sites is 1. The molecule has 8 nitrogen and oxygen atoms in total. The lowest BCUT2D eigenvalue weighted by Crippen LogP contribution is -2.49. The van der Waals surface area contributed by atoms with Gasteiger partial charge in [0, 0.05) is 44.2 Å². The first kappa shape index (κ1) is 22.2. The predicted molar refractivity (Wildman–Crippen MR) is 141 cm³/mol. The molecule has 0 bridgehead atoms. The fourth-order valence-corrected chi connectivity index (χ4v) is 5.08. The largest absolute Gasteiger partial charge is 0.352 e. The Morgan fingerprint density at radius 1 is 0.917 bits per heavy atom. The molecule has 0 aliphatic carbocycles. The Bertz CT molecular complexity index is 1620. The van der Waals surface area contributed by atoms with Gasteiger partial charge in [0.1, 0.15) is 12.1 Å². The van der Waals surface area contributed by atoms with E-state index >= 15 is 0 Å². The number of amides is 1. The Kier molecular flexibility index (Phi) is 5.36. The molecule has 1 saturated heterocycles. The van der Waals surface area contributed by atoms with Crippen molar-refractivity contribution in [2.24, 2.45) is 7.05 Å². The molecule has 6 rings (SSSR count). The van der Waals surface area contributed by atoms with Crippen molar-refractivity contribution < 1.29 is 4.79 Å². The van der Waals surface area contributed by atoms with Crippen LogP contribution in [-0.4, -0.2) is 61.7 Å². The minimum Gasteiger partial charge on any atom is -0.352 e. The maximum absolute atomic E-state index is 13.8. The summed E-state index contributed by atoms with van der Waals surface area (Å²) in [6.07, 6.45) is 3.38. The molecule has 2 aromatic carbocycles. The van der Waals surface area contributed by atoms with E-state index in [2.05, 4.69) is 52.0 Å². The van der Waals surface area contributed by atoms with Gasteiger partial charge in [0.25, 0.3) is 5.91 Å². The number of carbonyl (C=O) groups excluding carboxylic acids is 1. The molecule has 5 aromatic rings. The number of aryl methyl sites for hydroxylation is 3. The number of benzene rings is 2. The second kappa shape index (κ2) is 8.71. The van der Waals surface area contributed by atoms with E-state index < -0.39 is 0 Å². The van der Waals surface area contributed by atoms with Gasteiger partial charge in [0.05, 0.1) is 28.4 Å². The molecule has 1 amide bonds. The summed E-state index contributed by atoms with van der Waals surface area (Å²) in [5, 5.41) is 6.13. The van der Waals surface area contributed by atoms with Gasteiger partial charge in [-0.15, -0.1) is 0 Å². The van der Waals surface area contributed by atoms with E-state index in [1.165, 1.54) is 5.56 Å². The number of hydrogen-bond donors (Lipinski definition) is 0. The summed E-state index contributed by atoms with van der Waals surface area (Å²) in [5.41, 5.74) is 6.57. The van der Waals surface area contributed by atoms with Crippen molar-refractivity contribution in [2.75, 3.05) is 31.1 Å². The number of hydrogen-bond acceptors (Lipinski definition) is 6. The lowest BCUT2D eigenvalue weighted by molar-refractivity contribution is 0.0748. The third-order valence-electron chi connectivity index (χ3n) is 6.98. The fraction of sp³-hybridized carbons (Fsp3) is 0.250. The second-order valence-electron chi connectivity index (χ2n) is 9.37. The van der Waals surface area contributed by atoms with Crippen molar-refractivity contribution in [3.63, 3.8) is 0 Å². The van der Waals surface area contributed by atoms with Crippen LogP contribution in [0.25, 0.3) is 33.2 Å². The summed E-state index contributed by atoms with van der Waals surface area (Å²) in [5.74, 6) is 0.903. The smallest absolute Gasteiger partial charge is 0.254 e. The number of aromatic nitrogens is 5. The summed E-state index contributed by atoms with van der Waals surface area (Å²) in [6.45, 7) is 6.78. The fourth-order valence-electron chi connectivity index (χ4n) is 5.08. The number of nitrogens with zero attached hydrogens (tertiary/aromatic N) is 7. The van der Waals surface area contributed by atoms with Gasteiger partial charge in [0.2, 0.25) is 0 Å². The highest BCUT2D eigenvalue weighted by atomic mass is 16.2. The molecule has 1 fully saturated rings. The SMILES string of the molecule is Cc1ccc(-c2cc(C(=O)N3CCN(c4ncnc5c4cnn5C)CC3)c3ccccc3n2)c(C)c1. The quantitative estimate of drug-likeness (QED) is 0.388. The van der Waals surface area contributed by atoms with E-state index in [1.807, 2.05) is 42.3 Å². The van der Waals surface area contributed by atoms with Crippen molar-refractivity contribution in [3.05, 3.63) is 77.7 Å². The second-order valence-corrected chi connectivity index (χ2v) is 9.37. The Morgan fingerprint density at radius 2 is 1.72 bits per heavy atom. The number of rotatable bonds is 3. The highest BCUT2D eigenvalue weighted by Crippen LogP contribution is 2.29. The highest BCUT2D eigenvalue weighted by Gasteiger charge is 2.26. The van der Waals surface area contributed by atoms with E-state index in [0.717, 1.165) is 44.6 Å². The molecular formula is C28H27N7O. The summed E-state index contributed by atoms with van der Waals surface area (Å²) < 4.78 is 1.75. The molecule has 1 aliphatic heterocycles. The Balaban J connectivity index is 1.31. The third kappa shape index (κ3) is 3.75. The predicted octanol–water partition coefficient (Wildman–Crippen LogP) is 4.16. The summed E-state index contributed by atoms with van der Waals surface area (Å²) in [7, 11) is 1.88. The van der Waals surface area contributed by atoms with E-state index in [9.17, 15) is 4.79 Å². The standard InChI is InChI=1S/C28H27N7O/c1-18-8-9-20(19(2)14-18)25-15-22(21-6-4-5-7-24(21)32-25)28(36)35-12-10-34(11-13-35)27-23-16-31-33(3)26(23)29-17-30-27/h4-9,14-17H,10-13H2,1-3H3. The van der Waals surface area contributed by atoms with E-state index in [1.54, 1.807) is 17.2 Å². The molecule has 0 unspecified atom stereocenters. The van der Waals surface area contributed by atoms with Crippen LogP contribution < -0.4 is 4.90 Å². The highest BCUT2D eigenvalue weighted by molar-refractivity contribution is 6.07. The molecule has 3 aromatic heterocycles. The van der Waals surface area contributed by atoms with Crippen LogP contribution in [0, 0.1) is 13.8 Å². The molecule has 0 spiro atoms. The zero-order chi connectivity index (χ0) is 24.8. The monoisotopic (exact) mass is 477 g/mol. The maximum atomic E-state index is 13.8. The molecular weight excluding hydrogens is 450 g/mol. The van der Waals surface area contributed by atoms with Gasteiger partial charge in [-0.05, 0) is 31.5 Å². The molecule has 0 saturated carbocycles. The van der Waals surface area contributed by atoms with Crippen LogP contribution in [0.5, 0.6) is 0 Å². The first-order valence-electron chi connectivity index (χ1n) is 12.1. The molecule has 0 N–H and O–H groups in total. The van der Waals surface area contributed by atoms with E-state index in [-0.39, 0.29) is 5.91 Å². The van der Waals surface area contributed by atoms with E-state index in [0.29, 0.717) is 31.7 Å². The van der Waals surface area contributed by atoms with Gasteiger partial charge in [0.15, 0.2) is 5.65 Å². The van der Waals surface area contributed by atoms with Gasteiger partial charge >= 0.3 is 0 Å². The molecule has 0 atom stereocenters. The molecule has 36 heavy (non-hydrogen) atoms. The van der Waals surface area contributed by atoms with Crippen LogP contribution in [0.15, 0.2) is 61.1 Å². The van der Waals surface area contributed by atoms with Crippen molar-refractivity contribution in [2.45, 2.75) is 13.8 Å². The average Bonchev–Trinajstić information content (AvgIpc) is 3.28. The third-order valence-corrected chi connectivity index (χ3v) is 6.98. The summed E-state index contributed by atoms with van der Waals surface area (Å²) >= 11 is 0. The molecule has 180 valence electrons. The minimum absolute atomic E-state index is 0.0356. The van der Waals surface area contributed by atoms with Crippen LogP contribution in [0.1, 0.15) is 21.5 Å².